The first-order chi connectivity index (χ1) is 11.9. The van der Waals surface area contributed by atoms with Crippen LogP contribution in [-0.2, 0) is 15.6 Å². The van der Waals surface area contributed by atoms with Crippen molar-refractivity contribution in [2.24, 2.45) is 0 Å². The number of benzene rings is 2. The number of carboxylic acids is 1. The van der Waals surface area contributed by atoms with Crippen molar-refractivity contribution in [1.29, 1.82) is 0 Å². The Labute approximate surface area is 187 Å². The first kappa shape index (κ1) is 21.0. The number of halogens is 1. The van der Waals surface area contributed by atoms with Gasteiger partial charge in [-0.05, 0) is 70.7 Å². The topological polar surface area (TPSA) is 54.4 Å². The summed E-state index contributed by atoms with van der Waals surface area (Å²) in [5.41, 5.74) is 4.74. The number of aliphatic carboxylic acids is 1. The van der Waals surface area contributed by atoms with Crippen LogP contribution in [0.3, 0.4) is 0 Å². The molecule has 0 fully saturated rings. The van der Waals surface area contributed by atoms with Gasteiger partial charge in [0.25, 0.3) is 0 Å². The van der Waals surface area contributed by atoms with Crippen molar-refractivity contribution in [3.63, 3.8) is 0 Å². The van der Waals surface area contributed by atoms with Gasteiger partial charge in [0.1, 0.15) is 5.82 Å². The zero-order valence-corrected chi connectivity index (χ0v) is 17.6. The Bertz CT molecular complexity index is 956. The van der Waals surface area contributed by atoms with E-state index in [1.165, 1.54) is 12.1 Å². The molecule has 26 heavy (non-hydrogen) atoms. The summed E-state index contributed by atoms with van der Waals surface area (Å²) in [5, 5.41) is 9.17. The first-order valence-electron chi connectivity index (χ1n) is 7.74. The minimum Gasteiger partial charge on any atom is -1.00 e. The maximum absolute atomic E-state index is 13.7. The molecule has 0 aromatic heterocycles. The van der Waals surface area contributed by atoms with E-state index in [2.05, 4.69) is 0 Å². The molecule has 0 bridgehead atoms. The molecule has 1 atom stereocenters. The third-order valence-electron chi connectivity index (χ3n) is 4.30. The molecule has 0 amide bonds. The van der Waals surface area contributed by atoms with E-state index < -0.39 is 16.8 Å². The van der Waals surface area contributed by atoms with Gasteiger partial charge in [0, 0.05) is 22.0 Å². The zero-order valence-electron chi connectivity index (χ0n) is 16.6. The van der Waals surface area contributed by atoms with E-state index in [0.717, 1.165) is 27.2 Å². The van der Waals surface area contributed by atoms with Crippen molar-refractivity contribution in [1.82, 2.24) is 0 Å². The second kappa shape index (κ2) is 8.61. The molecule has 0 saturated heterocycles. The van der Waals surface area contributed by atoms with E-state index in [-0.39, 0.29) is 52.8 Å². The van der Waals surface area contributed by atoms with Crippen molar-refractivity contribution < 1.29 is 21.4 Å². The second-order valence-corrected chi connectivity index (χ2v) is 7.32. The quantitative estimate of drug-likeness (QED) is 0.785. The summed E-state index contributed by atoms with van der Waals surface area (Å²) in [5.74, 6) is -1.33. The molecule has 0 aliphatic heterocycles. The van der Waals surface area contributed by atoms with Crippen LogP contribution in [0.25, 0.3) is 17.2 Å². The third-order valence-corrected chi connectivity index (χ3v) is 5.24. The van der Waals surface area contributed by atoms with E-state index in [1.807, 2.05) is 25.1 Å². The van der Waals surface area contributed by atoms with Crippen LogP contribution in [0.4, 0.5) is 4.39 Å². The van der Waals surface area contributed by atoms with Crippen LogP contribution < -0.4 is 0 Å². The molecule has 2 aromatic rings. The fraction of sp³-hybridized carbons (Fsp3) is 0.150. The van der Waals surface area contributed by atoms with Crippen LogP contribution >= 0.6 is 0 Å². The van der Waals surface area contributed by atoms with E-state index in [9.17, 15) is 13.4 Å². The maximum atomic E-state index is 13.7. The molecule has 1 unspecified atom stereocenters. The molecule has 0 saturated carbocycles. The summed E-state index contributed by atoms with van der Waals surface area (Å²) in [4.78, 5) is 11.9. The van der Waals surface area contributed by atoms with Gasteiger partial charge in [0.15, 0.2) is 0 Å². The molecule has 3 nitrogen and oxygen atoms in total. The van der Waals surface area contributed by atoms with Crippen molar-refractivity contribution in [3.8, 4) is 0 Å². The predicted octanol–water partition coefficient (Wildman–Crippen LogP) is 4.21. The average molecular weight is 399 g/mol. The van der Waals surface area contributed by atoms with Crippen molar-refractivity contribution in [2.45, 2.75) is 18.2 Å². The summed E-state index contributed by atoms with van der Waals surface area (Å²) in [6.07, 6.45) is 3.43. The standard InChI is InChI=1S/C20H17FO3S.Ca.2H/c1-12-17(9-13-3-6-15(7-4-13)25(2)24)16-8-5-14(21)10-19(16)18(12)11-20(22)23;;;/h3-10H,11H2,1-2H3,(H,22,23);;;/q;+2;2*-1. The van der Waals surface area contributed by atoms with E-state index in [0.29, 0.717) is 11.1 Å². The Morgan fingerprint density at radius 3 is 2.42 bits per heavy atom. The van der Waals surface area contributed by atoms with E-state index >= 15 is 0 Å². The summed E-state index contributed by atoms with van der Waals surface area (Å²) >= 11 is 0. The van der Waals surface area contributed by atoms with Gasteiger partial charge in [0.2, 0.25) is 0 Å². The normalized spacial score (nSPS) is 15.6. The number of rotatable bonds is 4. The summed E-state index contributed by atoms with van der Waals surface area (Å²) < 4.78 is 25.1. The fourth-order valence-electron chi connectivity index (χ4n) is 3.05. The van der Waals surface area contributed by atoms with E-state index in [1.54, 1.807) is 24.5 Å². The predicted molar refractivity (Wildman–Crippen MR) is 106 cm³/mol. The van der Waals surface area contributed by atoms with Gasteiger partial charge in [-0.2, -0.15) is 0 Å². The molecule has 132 valence electrons. The second-order valence-electron chi connectivity index (χ2n) is 5.95. The summed E-state index contributed by atoms with van der Waals surface area (Å²) in [6.45, 7) is 1.86. The van der Waals surface area contributed by atoms with Gasteiger partial charge >= 0.3 is 43.7 Å². The van der Waals surface area contributed by atoms with Crippen LogP contribution in [0.5, 0.6) is 0 Å². The van der Waals surface area contributed by atoms with Crippen LogP contribution in [0.15, 0.2) is 52.9 Å². The minimum atomic E-state index is -1.04. The molecule has 2 aromatic carbocycles. The largest absolute Gasteiger partial charge is 2.00 e. The van der Waals surface area contributed by atoms with Gasteiger partial charge in [0.05, 0.1) is 6.42 Å². The molecular weight excluding hydrogens is 379 g/mol. The molecular formula is C20H19CaFO3S. The summed E-state index contributed by atoms with van der Waals surface area (Å²) in [6, 6.07) is 11.8. The Balaban J connectivity index is 0.00000243. The smallest absolute Gasteiger partial charge is 1.00 e. The zero-order chi connectivity index (χ0) is 18.1. The number of hydrogen-bond donors (Lipinski definition) is 1. The number of carbonyl (C=O) groups is 1. The first-order valence-corrected chi connectivity index (χ1v) is 9.30. The monoisotopic (exact) mass is 398 g/mol. The van der Waals surface area contributed by atoms with Crippen LogP contribution in [0, 0.1) is 5.82 Å². The molecule has 0 heterocycles. The SMILES string of the molecule is CC1=C(CC(=O)O)c2cc(F)ccc2C1=Cc1ccc(S(C)=O)cc1.[Ca+2].[H-].[H-]. The fourth-order valence-corrected chi connectivity index (χ4v) is 3.57. The van der Waals surface area contributed by atoms with Crippen LogP contribution in [-0.4, -0.2) is 59.3 Å². The van der Waals surface area contributed by atoms with Crippen molar-refractivity contribution >= 4 is 71.7 Å². The van der Waals surface area contributed by atoms with Crippen LogP contribution in [0.2, 0.25) is 0 Å². The summed E-state index contributed by atoms with van der Waals surface area (Å²) in [7, 11) is -1.04. The molecule has 3 rings (SSSR count). The van der Waals surface area contributed by atoms with Gasteiger partial charge in [-0.15, -0.1) is 0 Å². The Hall–Kier alpha value is -1.27. The molecule has 1 aliphatic carbocycles. The maximum Gasteiger partial charge on any atom is 2.00 e. The van der Waals surface area contributed by atoms with Crippen molar-refractivity contribution in [2.75, 3.05) is 6.26 Å². The third kappa shape index (κ3) is 4.34. The molecule has 6 heteroatoms. The Kier molecular flexibility index (Phi) is 6.97. The van der Waals surface area contributed by atoms with Gasteiger partial charge in [-0.3, -0.25) is 9.00 Å². The molecule has 0 spiro atoms. The number of hydrogen-bond acceptors (Lipinski definition) is 2. The molecule has 1 N–H and O–H groups in total. The van der Waals surface area contributed by atoms with Gasteiger partial charge < -0.3 is 7.96 Å². The molecule has 0 radical (unpaired) electrons. The Morgan fingerprint density at radius 2 is 1.85 bits per heavy atom. The van der Waals surface area contributed by atoms with Gasteiger partial charge in [-0.1, -0.05) is 18.2 Å². The Morgan fingerprint density at radius 1 is 1.19 bits per heavy atom. The molecule has 1 aliphatic rings. The average Bonchev–Trinajstić information content (AvgIpc) is 2.80. The van der Waals surface area contributed by atoms with Crippen LogP contribution in [0.1, 0.15) is 32.9 Å². The van der Waals surface area contributed by atoms with Crippen molar-refractivity contribution in [3.05, 3.63) is 70.5 Å². The minimum absolute atomic E-state index is 0. The number of carboxylic acid groups (broad SMARTS) is 1. The van der Waals surface area contributed by atoms with E-state index in [4.69, 9.17) is 5.11 Å². The number of allylic oxidation sites excluding steroid dienone is 2. The van der Waals surface area contributed by atoms with Gasteiger partial charge in [-0.25, -0.2) is 4.39 Å². The number of fused-ring (bicyclic) bond motifs is 1.